The van der Waals surface area contributed by atoms with Crippen molar-refractivity contribution in [3.05, 3.63) is 106 Å². The fourth-order valence-electron chi connectivity index (χ4n) is 6.38. The summed E-state index contributed by atoms with van der Waals surface area (Å²) in [6.45, 7) is -1.55. The number of imidazole rings is 1. The number of pyridine rings is 1. The molecule has 1 saturated carbocycles. The van der Waals surface area contributed by atoms with Gasteiger partial charge in [-0.05, 0) is 49.2 Å². The molecule has 3 atom stereocenters. The number of carbonyl (C=O) groups excluding carboxylic acids is 1. The van der Waals surface area contributed by atoms with Gasteiger partial charge in [0.1, 0.15) is 30.2 Å². The van der Waals surface area contributed by atoms with E-state index in [0.717, 1.165) is 6.07 Å². The fraction of sp³-hybridized carbons (Fsp3) is 0.314. The van der Waals surface area contributed by atoms with E-state index >= 15 is 0 Å². The van der Waals surface area contributed by atoms with Crippen molar-refractivity contribution in [3.8, 4) is 11.9 Å². The molecule has 1 fully saturated rings. The van der Waals surface area contributed by atoms with Gasteiger partial charge >= 0.3 is 5.97 Å². The number of hydrogen-bond donors (Lipinski definition) is 6. The van der Waals surface area contributed by atoms with Crippen LogP contribution in [0.25, 0.3) is 16.8 Å². The number of carbonyl (C=O) groups is 1. The number of esters is 1. The second-order valence-electron chi connectivity index (χ2n) is 12.9. The maximum absolute atomic E-state index is 14.5. The molecular formula is C35H31F2N5O10. The molecule has 4 heterocycles. The molecule has 3 aliphatic rings. The average molecular weight is 720 g/mol. The molecule has 0 amide bonds. The smallest absolute Gasteiger partial charge is 0.337 e. The minimum Gasteiger partial charge on any atom is -0.504 e. The van der Waals surface area contributed by atoms with E-state index in [4.69, 9.17) is 19.5 Å². The highest BCUT2D eigenvalue weighted by Crippen LogP contribution is 2.51. The van der Waals surface area contributed by atoms with Crippen LogP contribution in [0.1, 0.15) is 51.4 Å². The lowest BCUT2D eigenvalue weighted by molar-refractivity contribution is -0.356. The number of aliphatic hydroxyl groups excluding tert-OH is 4. The molecule has 0 bridgehead atoms. The number of aliphatic hydroxyl groups is 6. The number of methoxy groups -OCH3 is 1. The lowest BCUT2D eigenvalue weighted by Gasteiger charge is -2.49. The highest BCUT2D eigenvalue weighted by molar-refractivity contribution is 5.93. The van der Waals surface area contributed by atoms with Gasteiger partial charge in [0, 0.05) is 29.2 Å². The molecule has 2 aromatic carbocycles. The predicted octanol–water partition coefficient (Wildman–Crippen LogP) is 3.44. The molecule has 7 rings (SSSR count). The summed E-state index contributed by atoms with van der Waals surface area (Å²) >= 11 is 0. The number of rotatable bonds is 9. The number of nitrogens with zero attached hydrogens (tertiary/aromatic N) is 5. The van der Waals surface area contributed by atoms with E-state index in [1.54, 1.807) is 4.57 Å². The Morgan fingerprint density at radius 3 is 2.56 bits per heavy atom. The Morgan fingerprint density at radius 2 is 1.88 bits per heavy atom. The first-order chi connectivity index (χ1) is 24.8. The Morgan fingerprint density at radius 1 is 1.12 bits per heavy atom. The number of hydrogen-bond acceptors (Lipinski definition) is 14. The molecule has 52 heavy (non-hydrogen) atoms. The SMILES string of the molecule is COC(=O)c1ccc2nc(CN3C(O)=C(O)[C@]4(O)c5nc(OCc6ccc(C#N)cc6F)ccc5C(O)=CO[C@@]4(O)C3O)n(CC3(CF)CC3)c2c1. The Kier molecular flexibility index (Phi) is 8.20. The van der Waals surface area contributed by atoms with Crippen molar-refractivity contribution in [1.82, 2.24) is 19.4 Å². The van der Waals surface area contributed by atoms with E-state index in [9.17, 15) is 44.2 Å². The molecule has 17 heteroatoms. The molecule has 1 unspecified atom stereocenters. The molecule has 2 aliphatic heterocycles. The molecular weight excluding hydrogens is 688 g/mol. The molecule has 2 aromatic heterocycles. The second kappa shape index (κ2) is 12.4. The van der Waals surface area contributed by atoms with Crippen LogP contribution in [0.3, 0.4) is 0 Å². The molecule has 6 N–H and O–H groups in total. The predicted molar refractivity (Wildman–Crippen MR) is 173 cm³/mol. The van der Waals surface area contributed by atoms with Gasteiger partial charge in [-0.1, -0.05) is 6.07 Å². The van der Waals surface area contributed by atoms with Gasteiger partial charge in [0.05, 0.1) is 48.6 Å². The van der Waals surface area contributed by atoms with Gasteiger partial charge in [0.2, 0.25) is 23.6 Å². The number of fused-ring (bicyclic) bond motifs is 4. The third-order valence-corrected chi connectivity index (χ3v) is 9.68. The van der Waals surface area contributed by atoms with Crippen molar-refractivity contribution >= 4 is 22.8 Å². The Bertz CT molecular complexity index is 2230. The van der Waals surface area contributed by atoms with Crippen LogP contribution in [-0.2, 0) is 34.8 Å². The summed E-state index contributed by atoms with van der Waals surface area (Å²) in [5, 5.41) is 78.3. The summed E-state index contributed by atoms with van der Waals surface area (Å²) in [5.74, 6) is -8.09. The van der Waals surface area contributed by atoms with Crippen molar-refractivity contribution in [2.45, 2.75) is 50.2 Å². The Balaban J connectivity index is 1.28. The molecule has 270 valence electrons. The molecule has 0 spiro atoms. The molecule has 15 nitrogen and oxygen atoms in total. The van der Waals surface area contributed by atoms with Crippen LogP contribution in [-0.4, -0.2) is 81.8 Å². The van der Waals surface area contributed by atoms with Gasteiger partial charge in [-0.3, -0.25) is 4.39 Å². The quantitative estimate of drug-likeness (QED) is 0.136. The standard InChI is InChI=1S/C35H31F2N5O10/c1-50-31(46)19-4-6-23-24(11-19)42(17-33(16-36)8-9-33)26(39-23)13-41-30(45)29(44)34(48)28-21(25(43)15-52-35(34,49)32(41)47)5-7-27(40-28)51-14-20-3-2-18(12-38)10-22(20)37/h2-7,10-11,15,32,43-45,47-49H,8-9,13-14,16-17H2,1H3/t32?,34-,35+/m1/s1. The number of nitriles is 1. The van der Waals surface area contributed by atoms with E-state index in [2.05, 4.69) is 9.97 Å². The van der Waals surface area contributed by atoms with Crippen LogP contribution in [0.15, 0.2) is 66.4 Å². The lowest BCUT2D eigenvalue weighted by Crippen LogP contribution is -2.69. The Hall–Kier alpha value is -5.96. The molecule has 0 saturated heterocycles. The monoisotopic (exact) mass is 719 g/mol. The highest BCUT2D eigenvalue weighted by Gasteiger charge is 2.69. The zero-order chi connectivity index (χ0) is 37.2. The van der Waals surface area contributed by atoms with Crippen molar-refractivity contribution in [2.75, 3.05) is 13.8 Å². The van der Waals surface area contributed by atoms with E-state index < -0.39 is 77.7 Å². The van der Waals surface area contributed by atoms with Crippen LogP contribution >= 0.6 is 0 Å². The minimum atomic E-state index is -3.29. The van der Waals surface area contributed by atoms with Gasteiger partial charge in [-0.15, -0.1) is 0 Å². The van der Waals surface area contributed by atoms with Crippen LogP contribution in [0.5, 0.6) is 5.88 Å². The van der Waals surface area contributed by atoms with Gasteiger partial charge < -0.3 is 54.3 Å². The van der Waals surface area contributed by atoms with E-state index in [1.807, 2.05) is 6.07 Å². The summed E-state index contributed by atoms with van der Waals surface area (Å²) < 4.78 is 46.0. The first-order valence-corrected chi connectivity index (χ1v) is 15.8. The van der Waals surface area contributed by atoms with Crippen molar-refractivity contribution < 1.29 is 58.4 Å². The maximum Gasteiger partial charge on any atom is 0.337 e. The van der Waals surface area contributed by atoms with Crippen molar-refractivity contribution in [2.24, 2.45) is 5.41 Å². The largest absolute Gasteiger partial charge is 0.504 e. The highest BCUT2D eigenvalue weighted by atomic mass is 19.1. The van der Waals surface area contributed by atoms with Gasteiger partial charge in [-0.25, -0.2) is 19.2 Å². The number of halogens is 2. The third-order valence-electron chi connectivity index (χ3n) is 9.68. The summed E-state index contributed by atoms with van der Waals surface area (Å²) in [6, 6.07) is 12.4. The minimum absolute atomic E-state index is 0.0350. The maximum atomic E-state index is 14.5. The van der Waals surface area contributed by atoms with E-state index in [1.165, 1.54) is 49.6 Å². The van der Waals surface area contributed by atoms with Gasteiger partial charge in [0.25, 0.3) is 5.79 Å². The topological polar surface area (TPSA) is 224 Å². The average Bonchev–Trinajstić information content (AvgIpc) is 3.87. The Labute approximate surface area is 293 Å². The van der Waals surface area contributed by atoms with Crippen LogP contribution in [0.4, 0.5) is 8.78 Å². The second-order valence-corrected chi connectivity index (χ2v) is 12.9. The zero-order valence-corrected chi connectivity index (χ0v) is 27.3. The number of benzene rings is 2. The van der Waals surface area contributed by atoms with Crippen LogP contribution < -0.4 is 4.74 Å². The zero-order valence-electron chi connectivity index (χ0n) is 27.3. The van der Waals surface area contributed by atoms with E-state index in [0.29, 0.717) is 35.0 Å². The molecule has 0 radical (unpaired) electrons. The first-order valence-electron chi connectivity index (χ1n) is 15.8. The summed E-state index contributed by atoms with van der Waals surface area (Å²) in [6.07, 6.45) is -0.690. The van der Waals surface area contributed by atoms with E-state index in [-0.39, 0.29) is 40.5 Å². The summed E-state index contributed by atoms with van der Waals surface area (Å²) in [7, 11) is 1.22. The summed E-state index contributed by atoms with van der Waals surface area (Å²) in [4.78, 5) is 21.7. The fourth-order valence-corrected chi connectivity index (χ4v) is 6.38. The van der Waals surface area contributed by atoms with Crippen LogP contribution in [0.2, 0.25) is 0 Å². The molecule has 4 aromatic rings. The number of aromatic nitrogens is 3. The third kappa shape index (κ3) is 5.30. The van der Waals surface area contributed by atoms with Gasteiger partial charge in [0.15, 0.2) is 11.5 Å². The first kappa shape index (κ1) is 34.5. The molecule has 1 aliphatic carbocycles. The van der Waals surface area contributed by atoms with Crippen LogP contribution in [0, 0.1) is 22.6 Å². The number of ether oxygens (including phenoxy) is 3. The van der Waals surface area contributed by atoms with Crippen molar-refractivity contribution in [1.29, 1.82) is 5.26 Å². The normalized spacial score (nSPS) is 23.1. The number of alkyl halides is 1. The van der Waals surface area contributed by atoms with Gasteiger partial charge in [-0.2, -0.15) is 5.26 Å². The van der Waals surface area contributed by atoms with Crippen molar-refractivity contribution in [3.63, 3.8) is 0 Å². The lowest BCUT2D eigenvalue weighted by atomic mass is 9.80. The summed E-state index contributed by atoms with van der Waals surface area (Å²) in [5.41, 5.74) is -3.97.